The molecule has 4 rings (SSSR count). The summed E-state index contributed by atoms with van der Waals surface area (Å²) in [5.41, 5.74) is 0. The van der Waals surface area contributed by atoms with E-state index in [1.807, 2.05) is 5.38 Å². The highest BCUT2D eigenvalue weighted by molar-refractivity contribution is 7.12. The Bertz CT molecular complexity index is 674. The van der Waals surface area contributed by atoms with Crippen LogP contribution in [0.3, 0.4) is 0 Å². The van der Waals surface area contributed by atoms with Crippen LogP contribution in [0.15, 0.2) is 11.7 Å². The lowest BCUT2D eigenvalue weighted by molar-refractivity contribution is 0.0928. The van der Waals surface area contributed by atoms with Gasteiger partial charge in [0, 0.05) is 24.4 Å². The Morgan fingerprint density at radius 3 is 3.23 bits per heavy atom. The van der Waals surface area contributed by atoms with Gasteiger partial charge in [-0.15, -0.1) is 21.5 Å². The maximum absolute atomic E-state index is 12.5. The molecule has 116 valence electrons. The number of carbonyl (C=O) groups is 1. The number of amides is 1. The van der Waals surface area contributed by atoms with Crippen molar-refractivity contribution < 1.29 is 14.3 Å². The van der Waals surface area contributed by atoms with Crippen molar-refractivity contribution in [2.75, 3.05) is 13.2 Å². The molecule has 4 heterocycles. The number of hydrogen-bond donors (Lipinski definition) is 1. The van der Waals surface area contributed by atoms with E-state index in [2.05, 4.69) is 20.1 Å². The summed E-state index contributed by atoms with van der Waals surface area (Å²) in [4.78, 5) is 13.1. The molecule has 0 aromatic carbocycles. The van der Waals surface area contributed by atoms with E-state index in [0.717, 1.165) is 31.6 Å². The zero-order chi connectivity index (χ0) is 14.9. The highest BCUT2D eigenvalue weighted by Gasteiger charge is 2.26. The average molecular weight is 320 g/mol. The van der Waals surface area contributed by atoms with E-state index in [-0.39, 0.29) is 11.9 Å². The number of hydrogen-bond acceptors (Lipinski definition) is 6. The minimum absolute atomic E-state index is 0.0839. The molecule has 1 atom stereocenters. The number of aryl methyl sites for hydroxylation is 2. The summed E-state index contributed by atoms with van der Waals surface area (Å²) < 4.78 is 13.1. The van der Waals surface area contributed by atoms with Gasteiger partial charge in [0.25, 0.3) is 5.91 Å². The van der Waals surface area contributed by atoms with Gasteiger partial charge in [0.15, 0.2) is 11.5 Å². The first-order valence-corrected chi connectivity index (χ1v) is 8.24. The normalized spacial score (nSPS) is 20.1. The quantitative estimate of drug-likeness (QED) is 0.901. The summed E-state index contributed by atoms with van der Waals surface area (Å²) >= 11 is 1.37. The van der Waals surface area contributed by atoms with Crippen LogP contribution in [0.2, 0.25) is 0 Å². The zero-order valence-corrected chi connectivity index (χ0v) is 12.8. The number of aromatic nitrogens is 3. The number of ether oxygens (including phenoxy) is 2. The Hall–Kier alpha value is -2.09. The number of rotatable bonds is 2. The molecule has 0 fully saturated rings. The molecule has 2 aliphatic rings. The second-order valence-corrected chi connectivity index (χ2v) is 6.27. The second-order valence-electron chi connectivity index (χ2n) is 5.39. The molecule has 0 saturated heterocycles. The largest absolute Gasteiger partial charge is 0.485 e. The molecule has 0 aliphatic carbocycles. The topological polar surface area (TPSA) is 78.3 Å². The maximum atomic E-state index is 12.5. The highest BCUT2D eigenvalue weighted by atomic mass is 32.1. The Morgan fingerprint density at radius 2 is 2.27 bits per heavy atom. The van der Waals surface area contributed by atoms with Gasteiger partial charge in [-0.3, -0.25) is 4.79 Å². The fraction of sp³-hybridized carbons (Fsp3) is 0.500. The van der Waals surface area contributed by atoms with E-state index in [1.165, 1.54) is 11.3 Å². The van der Waals surface area contributed by atoms with E-state index < -0.39 is 0 Å². The van der Waals surface area contributed by atoms with E-state index in [4.69, 9.17) is 9.47 Å². The fourth-order valence-electron chi connectivity index (χ4n) is 2.82. The molecule has 1 amide bonds. The molecule has 2 aliphatic heterocycles. The van der Waals surface area contributed by atoms with Gasteiger partial charge in [0.2, 0.25) is 0 Å². The number of fused-ring (bicyclic) bond motifs is 2. The van der Waals surface area contributed by atoms with Crippen molar-refractivity contribution in [3.8, 4) is 11.5 Å². The lowest BCUT2D eigenvalue weighted by Gasteiger charge is -2.18. The van der Waals surface area contributed by atoms with E-state index >= 15 is 0 Å². The third kappa shape index (κ3) is 2.43. The van der Waals surface area contributed by atoms with Crippen molar-refractivity contribution >= 4 is 17.2 Å². The van der Waals surface area contributed by atoms with Crippen molar-refractivity contribution in [1.82, 2.24) is 20.1 Å². The Labute approximate surface area is 131 Å². The highest BCUT2D eigenvalue weighted by Crippen LogP contribution is 2.39. The van der Waals surface area contributed by atoms with Crippen LogP contribution in [0.1, 0.15) is 28.3 Å². The van der Waals surface area contributed by atoms with Crippen LogP contribution in [0.4, 0.5) is 0 Å². The van der Waals surface area contributed by atoms with Gasteiger partial charge in [0.05, 0.1) is 0 Å². The minimum atomic E-state index is -0.0839. The monoisotopic (exact) mass is 320 g/mol. The standard InChI is InChI=1S/C14H16N4O3S/c19-14(13-12-10(7-22-13)20-5-6-21-12)16-9-1-2-11-17-15-8-18(11)4-3-9/h7-9H,1-6H2,(H,16,19). The average Bonchev–Trinajstić information content (AvgIpc) is 3.12. The number of nitrogens with one attached hydrogen (secondary N) is 1. The van der Waals surface area contributed by atoms with Gasteiger partial charge in [-0.2, -0.15) is 0 Å². The molecular formula is C14H16N4O3S. The molecule has 1 unspecified atom stereocenters. The van der Waals surface area contributed by atoms with Crippen LogP contribution in [0, 0.1) is 0 Å². The lowest BCUT2D eigenvalue weighted by Crippen LogP contribution is -2.35. The van der Waals surface area contributed by atoms with Gasteiger partial charge >= 0.3 is 0 Å². The van der Waals surface area contributed by atoms with Gasteiger partial charge in [-0.05, 0) is 12.8 Å². The van der Waals surface area contributed by atoms with Crippen molar-refractivity contribution in [3.63, 3.8) is 0 Å². The summed E-state index contributed by atoms with van der Waals surface area (Å²) in [6.45, 7) is 1.85. The number of thiophene rings is 1. The van der Waals surface area contributed by atoms with Crippen LogP contribution < -0.4 is 14.8 Å². The molecule has 8 heteroatoms. The van der Waals surface area contributed by atoms with Crippen LogP contribution >= 0.6 is 11.3 Å². The number of carbonyl (C=O) groups excluding carboxylic acids is 1. The first kappa shape index (κ1) is 13.6. The molecule has 0 bridgehead atoms. The fourth-order valence-corrected chi connectivity index (χ4v) is 3.65. The van der Waals surface area contributed by atoms with Crippen LogP contribution in [-0.2, 0) is 13.0 Å². The van der Waals surface area contributed by atoms with Crippen molar-refractivity contribution in [3.05, 3.63) is 22.4 Å². The van der Waals surface area contributed by atoms with Crippen LogP contribution in [0.25, 0.3) is 0 Å². The zero-order valence-electron chi connectivity index (χ0n) is 11.9. The Balaban J connectivity index is 1.44. The summed E-state index contributed by atoms with van der Waals surface area (Å²) in [5, 5.41) is 13.0. The Morgan fingerprint density at radius 1 is 1.36 bits per heavy atom. The molecule has 7 nitrogen and oxygen atoms in total. The molecule has 0 saturated carbocycles. The van der Waals surface area contributed by atoms with Gasteiger partial charge in [-0.1, -0.05) is 0 Å². The van der Waals surface area contributed by atoms with Gasteiger partial charge in [0.1, 0.15) is 30.2 Å². The Kier molecular flexibility index (Phi) is 3.45. The summed E-state index contributed by atoms with van der Waals surface area (Å²) in [5.74, 6) is 2.16. The number of nitrogens with zero attached hydrogens (tertiary/aromatic N) is 3. The van der Waals surface area contributed by atoms with Crippen molar-refractivity contribution in [2.45, 2.75) is 31.8 Å². The third-order valence-corrected chi connectivity index (χ3v) is 4.91. The second kappa shape index (κ2) is 5.60. The molecule has 0 radical (unpaired) electrons. The smallest absolute Gasteiger partial charge is 0.265 e. The summed E-state index contributed by atoms with van der Waals surface area (Å²) in [6.07, 6.45) is 4.32. The van der Waals surface area contributed by atoms with E-state index in [9.17, 15) is 4.79 Å². The molecule has 22 heavy (non-hydrogen) atoms. The third-order valence-electron chi connectivity index (χ3n) is 3.97. The lowest BCUT2D eigenvalue weighted by atomic mass is 10.1. The first-order valence-electron chi connectivity index (χ1n) is 7.36. The van der Waals surface area contributed by atoms with Crippen molar-refractivity contribution in [2.24, 2.45) is 0 Å². The van der Waals surface area contributed by atoms with E-state index in [1.54, 1.807) is 6.33 Å². The summed E-state index contributed by atoms with van der Waals surface area (Å²) in [6, 6.07) is 0.136. The van der Waals surface area contributed by atoms with Gasteiger partial charge in [-0.25, -0.2) is 0 Å². The molecular weight excluding hydrogens is 304 g/mol. The summed E-state index contributed by atoms with van der Waals surface area (Å²) in [7, 11) is 0. The molecule has 1 N–H and O–H groups in total. The van der Waals surface area contributed by atoms with Crippen LogP contribution in [0.5, 0.6) is 11.5 Å². The van der Waals surface area contributed by atoms with Gasteiger partial charge < -0.3 is 19.4 Å². The van der Waals surface area contributed by atoms with Crippen LogP contribution in [-0.4, -0.2) is 39.9 Å². The molecule has 2 aromatic heterocycles. The van der Waals surface area contributed by atoms with E-state index in [0.29, 0.717) is 29.6 Å². The molecule has 0 spiro atoms. The maximum Gasteiger partial charge on any atom is 0.265 e. The molecule has 2 aromatic rings. The minimum Gasteiger partial charge on any atom is -0.485 e. The SMILES string of the molecule is O=C(NC1CCc2nncn2CC1)c1scc2c1OCCO2. The van der Waals surface area contributed by atoms with Crippen molar-refractivity contribution in [1.29, 1.82) is 0 Å². The first-order chi connectivity index (χ1) is 10.8. The predicted molar refractivity (Wildman–Crippen MR) is 79.5 cm³/mol. The predicted octanol–water partition coefficient (Wildman–Crippen LogP) is 1.25.